The van der Waals surface area contributed by atoms with Gasteiger partial charge in [0.15, 0.2) is 6.54 Å². The van der Waals surface area contributed by atoms with E-state index >= 15 is 0 Å². The summed E-state index contributed by atoms with van der Waals surface area (Å²) >= 11 is 0. The highest BCUT2D eigenvalue weighted by Crippen LogP contribution is 2.48. The number of allylic oxidation sites excluding steroid dienone is 5. The van der Waals surface area contributed by atoms with Gasteiger partial charge >= 0.3 is 11.8 Å². The minimum Gasteiger partial charge on any atom is -0.744 e. The number of likely N-dealkylation sites (N-methyl/N-ethyl adjacent to an activating group) is 1. The number of carboxylic acid groups (broad SMARTS) is 1. The number of anilines is 1. The monoisotopic (exact) mass is 967 g/mol. The van der Waals surface area contributed by atoms with Crippen molar-refractivity contribution in [2.45, 2.75) is 131 Å². The van der Waals surface area contributed by atoms with Crippen LogP contribution in [0.5, 0.6) is 0 Å². The van der Waals surface area contributed by atoms with Crippen molar-refractivity contribution in [3.63, 3.8) is 0 Å². The Kier molecular flexibility index (Phi) is 18.3. The normalized spacial score (nSPS) is 20.2. The maximum Gasteiger partial charge on any atom is 0.374 e. The van der Waals surface area contributed by atoms with Crippen LogP contribution in [0.3, 0.4) is 0 Å². The van der Waals surface area contributed by atoms with Crippen LogP contribution in [0.2, 0.25) is 0 Å². The van der Waals surface area contributed by atoms with Gasteiger partial charge < -0.3 is 30.5 Å². The Morgan fingerprint density at radius 1 is 0.881 bits per heavy atom. The molecule has 1 atom stereocenters. The Balaban J connectivity index is 1.39. The molecule has 1 unspecified atom stereocenters. The molecular weight excluding hydrogens is 901 g/mol. The summed E-state index contributed by atoms with van der Waals surface area (Å²) in [6.07, 6.45) is 17.5. The summed E-state index contributed by atoms with van der Waals surface area (Å²) in [6, 6.07) is 8.24. The van der Waals surface area contributed by atoms with Crippen LogP contribution in [0.4, 0.5) is 17.1 Å². The lowest BCUT2D eigenvalue weighted by atomic mass is 9.83. The second-order valence-electron chi connectivity index (χ2n) is 18.4. The fourth-order valence-electron chi connectivity index (χ4n) is 9.01. The molecule has 3 aliphatic heterocycles. The second kappa shape index (κ2) is 23.2. The Hall–Kier alpha value is -5.21. The number of hydrogen-bond donors (Lipinski definition) is 5. The highest BCUT2D eigenvalue weighted by atomic mass is 32.2. The van der Waals surface area contributed by atoms with Crippen molar-refractivity contribution < 1.29 is 54.8 Å². The Bertz CT molecular complexity index is 2510. The van der Waals surface area contributed by atoms with Gasteiger partial charge in [0.1, 0.15) is 21.1 Å². The summed E-state index contributed by atoms with van der Waals surface area (Å²) in [5.74, 6) is -0.654. The molecule has 0 fully saturated rings. The van der Waals surface area contributed by atoms with E-state index in [9.17, 15) is 45.1 Å². The SMILES string of the molecule is CC1(C)C2=CC=CC=CC3=[N+](CCCCCC(=O)NCCCCC(C(=O)NCCCCCC(=O)O)NC(=O)CCCCCN2c2ccc(S(=O)(=O)[O-])cc21)c1ccc(S(=O)(=O)O)cc1[N+]3(C)C. The number of amidine groups is 1. The lowest BCUT2D eigenvalue weighted by Crippen LogP contribution is -2.47. The molecule has 17 nitrogen and oxygen atoms in total. The van der Waals surface area contributed by atoms with Crippen molar-refractivity contribution in [1.29, 1.82) is 0 Å². The first-order valence-electron chi connectivity index (χ1n) is 23.2. The molecule has 5 rings (SSSR count). The molecule has 2 aromatic rings. The standard InChI is InChI=1S/C48H66N6O11S2/c1-48(2)37-33-35(66(60,61)62)25-27-39(37)52-31-17-8-11-22-44(56)51-38(47(59)50-30-15-6-13-24-46(57)58)19-14-16-29-49-43(55)21-10-7-18-32-53-40-28-26-36(67(63,64)65)34-41(40)54(3,4)45(53)23-12-5-9-20-42(48)52/h5,9,12,20,23,25-28,33-34,38H,6-8,10-11,13-19,21-22,24,29-32H2,1-4H3,(H4-2,49,50,51,55,56,57,58,59,60,61,62,63,64,65)/p+1. The van der Waals surface area contributed by atoms with E-state index in [1.54, 1.807) is 12.1 Å². The number of nitrogens with one attached hydrogen (secondary N) is 3. The first-order chi connectivity index (χ1) is 31.6. The molecule has 5 N–H and O–H groups in total. The van der Waals surface area contributed by atoms with Crippen molar-refractivity contribution in [2.75, 3.05) is 45.2 Å². The van der Waals surface area contributed by atoms with E-state index in [0.29, 0.717) is 108 Å². The lowest BCUT2D eigenvalue weighted by molar-refractivity contribution is -0.438. The molecule has 0 bridgehead atoms. The van der Waals surface area contributed by atoms with Crippen LogP contribution >= 0.6 is 0 Å². The van der Waals surface area contributed by atoms with E-state index < -0.39 is 37.7 Å². The third-order valence-corrected chi connectivity index (χ3v) is 14.4. The van der Waals surface area contributed by atoms with Gasteiger partial charge in [-0.2, -0.15) is 8.42 Å². The van der Waals surface area contributed by atoms with E-state index in [4.69, 9.17) is 5.11 Å². The number of carbonyl (C=O) groups is 4. The third kappa shape index (κ3) is 14.2. The maximum absolute atomic E-state index is 13.3. The quantitative estimate of drug-likeness (QED) is 0.0852. The number of aliphatic carboxylic acids is 1. The summed E-state index contributed by atoms with van der Waals surface area (Å²) in [4.78, 5) is 51.7. The zero-order chi connectivity index (χ0) is 49.0. The van der Waals surface area contributed by atoms with Crippen LogP contribution in [-0.4, -0.2) is 111 Å². The molecule has 0 aromatic heterocycles. The zero-order valence-corrected chi connectivity index (χ0v) is 40.7. The van der Waals surface area contributed by atoms with Crippen molar-refractivity contribution >= 4 is 66.8 Å². The number of unbranched alkanes of at least 4 members (excludes halogenated alkanes) is 2. The number of nitrogens with zero attached hydrogens (tertiary/aromatic N) is 3. The maximum atomic E-state index is 13.3. The number of fused-ring (bicyclic) bond motifs is 5. The number of rotatable bonds is 9. The molecule has 3 heterocycles. The fraction of sp³-hybridized carbons (Fsp3) is 0.521. The van der Waals surface area contributed by atoms with Crippen molar-refractivity contribution in [1.82, 2.24) is 20.4 Å². The molecule has 3 amide bonds. The molecule has 67 heavy (non-hydrogen) atoms. The van der Waals surface area contributed by atoms with Gasteiger partial charge in [0, 0.05) is 74.2 Å². The average molecular weight is 968 g/mol. The minimum absolute atomic E-state index is 0.0631. The summed E-state index contributed by atoms with van der Waals surface area (Å²) < 4.78 is 72.8. The molecular formula is C48H67N6O11S2+. The first kappa shape index (κ1) is 52.8. The number of amides is 3. The van der Waals surface area contributed by atoms with E-state index in [2.05, 4.69) is 25.4 Å². The van der Waals surface area contributed by atoms with Gasteiger partial charge in [-0.3, -0.25) is 23.7 Å². The molecule has 0 aliphatic carbocycles. The van der Waals surface area contributed by atoms with Crippen molar-refractivity contribution in [3.05, 3.63) is 78.0 Å². The number of hydrogen-bond acceptors (Lipinski definition) is 10. The smallest absolute Gasteiger partial charge is 0.374 e. The number of carboxylic acids is 1. The van der Waals surface area contributed by atoms with Gasteiger partial charge in [-0.1, -0.05) is 38.8 Å². The lowest BCUT2D eigenvalue weighted by Gasteiger charge is -2.27. The Morgan fingerprint density at radius 2 is 1.60 bits per heavy atom. The molecule has 0 radical (unpaired) electrons. The number of carbonyl (C=O) groups excluding carboxylic acids is 3. The second-order valence-corrected chi connectivity index (χ2v) is 21.2. The predicted molar refractivity (Wildman–Crippen MR) is 256 cm³/mol. The van der Waals surface area contributed by atoms with Gasteiger partial charge in [0.25, 0.3) is 15.8 Å². The molecule has 0 saturated carbocycles. The Labute approximate surface area is 395 Å². The van der Waals surface area contributed by atoms with Gasteiger partial charge in [-0.15, -0.1) is 4.58 Å². The number of quaternary nitrogens is 1. The molecule has 0 saturated heterocycles. The molecule has 2 aromatic carbocycles. The minimum atomic E-state index is -4.72. The predicted octanol–water partition coefficient (Wildman–Crippen LogP) is 5.92. The van der Waals surface area contributed by atoms with Gasteiger partial charge in [-0.25, -0.2) is 12.9 Å². The largest absolute Gasteiger partial charge is 0.744 e. The van der Waals surface area contributed by atoms with Crippen LogP contribution in [-0.2, 0) is 44.8 Å². The van der Waals surface area contributed by atoms with Crippen molar-refractivity contribution in [3.8, 4) is 0 Å². The first-order valence-corrected chi connectivity index (χ1v) is 26.1. The topological polar surface area (TPSA) is 242 Å². The zero-order valence-electron chi connectivity index (χ0n) is 39.1. The highest BCUT2D eigenvalue weighted by molar-refractivity contribution is 7.86. The van der Waals surface area contributed by atoms with Gasteiger partial charge in [-0.05, 0) is 99.8 Å². The summed E-state index contributed by atoms with van der Waals surface area (Å²) in [7, 11) is -5.30. The van der Waals surface area contributed by atoms with E-state index in [-0.39, 0.29) is 44.8 Å². The molecule has 0 spiro atoms. The van der Waals surface area contributed by atoms with Crippen LogP contribution in [0.1, 0.15) is 116 Å². The van der Waals surface area contributed by atoms with Gasteiger partial charge in [0.05, 0.1) is 25.1 Å². The van der Waals surface area contributed by atoms with Crippen LogP contribution in [0.15, 0.2) is 82.3 Å². The fourth-order valence-corrected chi connectivity index (χ4v) is 10.0. The van der Waals surface area contributed by atoms with Crippen molar-refractivity contribution in [2.24, 2.45) is 0 Å². The summed E-state index contributed by atoms with van der Waals surface area (Å²) in [6.45, 7) is 5.83. The van der Waals surface area contributed by atoms with E-state index in [1.807, 2.05) is 58.3 Å². The highest BCUT2D eigenvalue weighted by Gasteiger charge is 2.47. The van der Waals surface area contributed by atoms with E-state index in [0.717, 1.165) is 35.7 Å². The summed E-state index contributed by atoms with van der Waals surface area (Å²) in [5, 5.41) is 17.7. The van der Waals surface area contributed by atoms with Crippen LogP contribution < -0.4 is 25.3 Å². The Morgan fingerprint density at radius 3 is 2.31 bits per heavy atom. The molecule has 19 heteroatoms. The number of benzene rings is 2. The van der Waals surface area contributed by atoms with Crippen LogP contribution in [0, 0.1) is 0 Å². The van der Waals surface area contributed by atoms with Gasteiger partial charge in [0.2, 0.25) is 23.4 Å². The van der Waals surface area contributed by atoms with E-state index in [1.165, 1.54) is 24.3 Å². The average Bonchev–Trinajstić information content (AvgIpc) is 3.59. The van der Waals surface area contributed by atoms with Crippen LogP contribution in [0.25, 0.3) is 0 Å². The summed E-state index contributed by atoms with van der Waals surface area (Å²) in [5.41, 5.74) is 3.14. The molecule has 366 valence electrons. The molecule has 3 aliphatic rings. The third-order valence-electron chi connectivity index (χ3n) is 12.7.